The number of carbonyl (C=O) groups is 7. The minimum atomic E-state index is 0.106. The first kappa shape index (κ1) is 73.9. The van der Waals surface area contributed by atoms with Gasteiger partial charge in [0.1, 0.15) is 37.7 Å². The molecule has 0 fully saturated rings. The number of aryl methyl sites for hydroxylation is 2. The van der Waals surface area contributed by atoms with E-state index >= 15 is 0 Å². The van der Waals surface area contributed by atoms with Gasteiger partial charge in [-0.1, -0.05) is 160 Å². The molecule has 0 amide bonds. The molecule has 2 aliphatic heterocycles. The second-order valence-electron chi connectivity index (χ2n) is 24.2. The fourth-order valence-corrected chi connectivity index (χ4v) is 9.99. The van der Waals surface area contributed by atoms with E-state index in [1.54, 1.807) is 44.2 Å². The molecule has 4 aromatic rings. The van der Waals surface area contributed by atoms with E-state index in [0.717, 1.165) is 134 Å². The second-order valence-corrected chi connectivity index (χ2v) is 24.2. The lowest BCUT2D eigenvalue weighted by Crippen LogP contribution is -2.22. The number of hydrogen-bond acceptors (Lipinski definition) is 11. The maximum Gasteiger partial charge on any atom is 0.231 e. The van der Waals surface area contributed by atoms with Crippen LogP contribution in [0.15, 0.2) is 166 Å². The molecule has 3 unspecified atom stereocenters. The molecule has 4 aromatic carbocycles. The number of rotatable bonds is 17. The van der Waals surface area contributed by atoms with Crippen molar-refractivity contribution >= 4 is 55.7 Å². The third-order valence-corrected chi connectivity index (χ3v) is 16.4. The van der Waals surface area contributed by atoms with Crippen LogP contribution in [0.5, 0.6) is 23.0 Å². The normalized spacial score (nSPS) is 17.3. The second kappa shape index (κ2) is 38.1. The van der Waals surface area contributed by atoms with Crippen molar-refractivity contribution in [1.82, 2.24) is 0 Å². The standard InChI is InChI=1S/2C14H22O.C11H10O3.C11H12O.C10H16O.C9H8O.C8H6O3/c1-10(9-15)8-11(2)13-7-6-12(3)14(13,4)5;1-5-12(10-15)7-9-13-8-6-11(2)14(13,3)4;1-8(6-12)4-9-2-3-10-11(5-9)14-7-13-10;1-9-3-5-11(6-4-9)7-10(2)8-12;1-9(2)5-4-6-10(3)7-8-11;10-9-6-5-7-3-1-2-4-8(7)9;9-4-6-1-2-7-8(3-6)11-5-10-7/h6,9-10,13H,2,7-8H2,1,3-5H3;6-7,10,13H,5,8-9H2,1-4H3;2-6H,7H2,1H3;3-8H,1-2H3;5,7-8H,4,6H2,1-3H3;1-4H,5-6H2;1-4H,5H2/b;12-7+;8-4+;10-7+;;;. The molecule has 0 saturated carbocycles. The first-order valence-electron chi connectivity index (χ1n) is 30.4. The molecule has 88 heavy (non-hydrogen) atoms. The highest BCUT2D eigenvalue weighted by molar-refractivity contribution is 6.00. The molecule has 3 atom stereocenters. The van der Waals surface area contributed by atoms with Crippen LogP contribution in [0.2, 0.25) is 0 Å². The molecule has 470 valence electrons. The van der Waals surface area contributed by atoms with Crippen LogP contribution < -0.4 is 18.9 Å². The molecule has 11 heteroatoms. The predicted molar refractivity (Wildman–Crippen MR) is 358 cm³/mol. The highest BCUT2D eigenvalue weighted by Gasteiger charge is 2.37. The van der Waals surface area contributed by atoms with E-state index in [1.165, 1.54) is 33.4 Å². The summed E-state index contributed by atoms with van der Waals surface area (Å²) in [7, 11) is 0. The maximum atomic E-state index is 11.1. The Morgan fingerprint density at radius 3 is 1.69 bits per heavy atom. The van der Waals surface area contributed by atoms with Gasteiger partial charge in [-0.2, -0.15) is 0 Å². The Kier molecular flexibility index (Phi) is 32.0. The van der Waals surface area contributed by atoms with E-state index < -0.39 is 0 Å². The summed E-state index contributed by atoms with van der Waals surface area (Å²) in [6, 6.07) is 26.6. The van der Waals surface area contributed by atoms with Crippen molar-refractivity contribution in [2.24, 2.45) is 28.6 Å². The zero-order valence-electron chi connectivity index (χ0n) is 54.8. The highest BCUT2D eigenvalue weighted by Crippen LogP contribution is 2.47. The lowest BCUT2D eigenvalue weighted by Gasteiger charge is -2.31. The Bertz CT molecular complexity index is 3220. The zero-order valence-corrected chi connectivity index (χ0v) is 54.8. The third-order valence-electron chi connectivity index (χ3n) is 16.4. The number of Topliss-reactive ketones (excluding diaryl/α,β-unsaturated/α-hetero) is 1. The van der Waals surface area contributed by atoms with Gasteiger partial charge in [-0.3, -0.25) is 28.8 Å². The Morgan fingerprint density at radius 2 is 1.19 bits per heavy atom. The van der Waals surface area contributed by atoms with Crippen LogP contribution in [0.25, 0.3) is 12.2 Å². The summed E-state index contributed by atoms with van der Waals surface area (Å²) in [4.78, 5) is 73.4. The molecule has 3 aliphatic carbocycles. The molecule has 0 spiro atoms. The van der Waals surface area contributed by atoms with E-state index in [2.05, 4.69) is 86.3 Å². The predicted octanol–water partition coefficient (Wildman–Crippen LogP) is 18.2. The number of benzene rings is 4. The Morgan fingerprint density at radius 1 is 0.648 bits per heavy atom. The number of carbonyl (C=O) groups excluding carboxylic acids is 7. The molecule has 9 rings (SSSR count). The Labute approximate surface area is 525 Å². The van der Waals surface area contributed by atoms with Gasteiger partial charge >= 0.3 is 0 Å². The monoisotopic (exact) mass is 1200 g/mol. The number of ketones is 1. The fraction of sp³-hybridized carbons (Fsp3) is 0.390. The summed E-state index contributed by atoms with van der Waals surface area (Å²) in [5.74, 6) is 4.43. The maximum absolute atomic E-state index is 11.1. The van der Waals surface area contributed by atoms with Gasteiger partial charge in [0.15, 0.2) is 28.8 Å². The lowest BCUT2D eigenvalue weighted by atomic mass is 9.73. The van der Waals surface area contributed by atoms with Gasteiger partial charge in [0, 0.05) is 23.5 Å². The molecular weight excluding hydrogens is 1100 g/mol. The zero-order chi connectivity index (χ0) is 65.4. The van der Waals surface area contributed by atoms with Gasteiger partial charge in [-0.25, -0.2) is 0 Å². The van der Waals surface area contributed by atoms with E-state index in [0.29, 0.717) is 52.1 Å². The van der Waals surface area contributed by atoms with E-state index in [1.807, 2.05) is 101 Å². The SMILES string of the molecule is C/C(C=O)=C\c1ccc(C)cc1.C/C(C=O)=C\c1ccc2c(c1)OCO2.C=C(CC(C)C=O)C1CC=C(C)C1(C)C.CC(C)=CCCC(C)=CC=O.CC/C(C=O)=C\CC1CC=C(C)C1(C)C.O=C1CCc2ccccc21.O=Cc1ccc2c(c1)OCO2. The first-order valence-corrected chi connectivity index (χ1v) is 30.4. The molecule has 11 nitrogen and oxygen atoms in total. The van der Waals surface area contributed by atoms with Crippen LogP contribution >= 0.6 is 0 Å². The van der Waals surface area contributed by atoms with Crippen LogP contribution in [0.1, 0.15) is 184 Å². The molecule has 0 saturated heterocycles. The first-order chi connectivity index (χ1) is 41.9. The molecule has 5 aliphatic rings. The largest absolute Gasteiger partial charge is 0.454 e. The summed E-state index contributed by atoms with van der Waals surface area (Å²) in [6.07, 6.45) is 28.2. The summed E-state index contributed by atoms with van der Waals surface area (Å²) in [5.41, 5.74) is 15.6. The molecule has 0 aromatic heterocycles. The Hall–Kier alpha value is -8.31. The van der Waals surface area contributed by atoms with Gasteiger partial charge < -0.3 is 23.7 Å². The summed E-state index contributed by atoms with van der Waals surface area (Å²) in [5, 5.41) is 0. The van der Waals surface area contributed by atoms with Crippen molar-refractivity contribution in [1.29, 1.82) is 0 Å². The minimum Gasteiger partial charge on any atom is -0.454 e. The summed E-state index contributed by atoms with van der Waals surface area (Å²) < 4.78 is 20.5. The average molecular weight is 1200 g/mol. The number of ether oxygens (including phenoxy) is 4. The van der Waals surface area contributed by atoms with E-state index in [4.69, 9.17) is 18.9 Å². The molecular formula is C77H96O11. The van der Waals surface area contributed by atoms with Crippen molar-refractivity contribution in [3.8, 4) is 23.0 Å². The van der Waals surface area contributed by atoms with Crippen LogP contribution in [0.4, 0.5) is 0 Å². The Balaban J connectivity index is 0.000000270. The van der Waals surface area contributed by atoms with Crippen molar-refractivity contribution in [3.63, 3.8) is 0 Å². The number of allylic oxidation sites excluding steroid dienone is 13. The van der Waals surface area contributed by atoms with E-state index in [-0.39, 0.29) is 24.9 Å². The van der Waals surface area contributed by atoms with Crippen LogP contribution in [0.3, 0.4) is 0 Å². The van der Waals surface area contributed by atoms with Crippen LogP contribution in [-0.2, 0) is 30.4 Å². The van der Waals surface area contributed by atoms with Crippen molar-refractivity contribution in [2.45, 2.75) is 155 Å². The van der Waals surface area contributed by atoms with Gasteiger partial charge in [0.25, 0.3) is 0 Å². The van der Waals surface area contributed by atoms with Gasteiger partial charge in [0.2, 0.25) is 13.6 Å². The topological polar surface area (TPSA) is 156 Å². The third kappa shape index (κ3) is 24.8. The van der Waals surface area contributed by atoms with Crippen LogP contribution in [-0.4, -0.2) is 57.1 Å². The van der Waals surface area contributed by atoms with Crippen molar-refractivity contribution < 1.29 is 52.5 Å². The molecule has 0 radical (unpaired) electrons. The van der Waals surface area contributed by atoms with Gasteiger partial charge in [-0.15, -0.1) is 0 Å². The summed E-state index contributed by atoms with van der Waals surface area (Å²) in [6.45, 7) is 34.0. The highest BCUT2D eigenvalue weighted by atomic mass is 16.7. The van der Waals surface area contributed by atoms with Gasteiger partial charge in [0.05, 0.1) is 0 Å². The fourth-order valence-electron chi connectivity index (χ4n) is 9.99. The smallest absolute Gasteiger partial charge is 0.231 e. The van der Waals surface area contributed by atoms with E-state index in [9.17, 15) is 33.6 Å². The average Bonchev–Trinajstić information content (AvgIpc) is 4.55. The van der Waals surface area contributed by atoms with Crippen molar-refractivity contribution in [3.05, 3.63) is 200 Å². The number of hydrogen-bond donors (Lipinski definition) is 0. The molecule has 0 bridgehead atoms. The number of aldehydes is 6. The molecule has 2 heterocycles. The van der Waals surface area contributed by atoms with Crippen LogP contribution in [0, 0.1) is 35.5 Å². The molecule has 0 N–H and O–H groups in total. The van der Waals surface area contributed by atoms with Gasteiger partial charge in [-0.05, 0) is 211 Å². The quantitative estimate of drug-likeness (QED) is 0.0563. The van der Waals surface area contributed by atoms with Crippen molar-refractivity contribution in [2.75, 3.05) is 13.6 Å². The minimum absolute atomic E-state index is 0.106. The lowest BCUT2D eigenvalue weighted by molar-refractivity contribution is -0.110. The summed E-state index contributed by atoms with van der Waals surface area (Å²) >= 11 is 0. The number of fused-ring (bicyclic) bond motifs is 3.